The average Bonchev–Trinajstić information content (AvgIpc) is 3.29. The maximum atomic E-state index is 6.33. The topological polar surface area (TPSA) is 42.2 Å². The van der Waals surface area contributed by atoms with E-state index in [1.54, 1.807) is 11.3 Å². The van der Waals surface area contributed by atoms with E-state index in [0.717, 1.165) is 24.2 Å². The van der Waals surface area contributed by atoms with E-state index in [1.807, 2.05) is 35.0 Å². The lowest BCUT2D eigenvalue weighted by atomic mass is 10.2. The lowest BCUT2D eigenvalue weighted by molar-refractivity contribution is 0.410. The van der Waals surface area contributed by atoms with Crippen LogP contribution in [0.25, 0.3) is 22.5 Å². The molecule has 0 aliphatic heterocycles. The van der Waals surface area contributed by atoms with Crippen molar-refractivity contribution >= 4 is 39.7 Å². The van der Waals surface area contributed by atoms with Crippen LogP contribution in [0.4, 0.5) is 5.69 Å². The Labute approximate surface area is 150 Å². The molecule has 1 aromatic carbocycles. The molecule has 2 aromatic heterocycles. The number of benzene rings is 1. The Morgan fingerprint density at radius 1 is 1.21 bits per heavy atom. The second-order valence-electron chi connectivity index (χ2n) is 5.19. The number of anilines is 1. The normalized spacial score (nSPS) is 11.7. The van der Waals surface area contributed by atoms with E-state index in [1.165, 1.54) is 5.69 Å². The summed E-state index contributed by atoms with van der Waals surface area (Å²) >= 11 is 7.92. The first-order valence-corrected chi connectivity index (χ1v) is 9.12. The van der Waals surface area contributed by atoms with Crippen LogP contribution in [0, 0.1) is 0 Å². The maximum Gasteiger partial charge on any atom is 0.269 e. The molecule has 3 aromatic rings. The monoisotopic (exact) mass is 359 g/mol. The molecule has 0 unspecified atom stereocenters. The minimum Gasteiger partial charge on any atom is -0.372 e. The molecule has 24 heavy (non-hydrogen) atoms. The third kappa shape index (κ3) is 3.68. The zero-order valence-electron chi connectivity index (χ0n) is 13.6. The number of thiophene rings is 1. The molecule has 0 amide bonds. The van der Waals surface area contributed by atoms with Crippen molar-refractivity contribution in [3.05, 3.63) is 52.5 Å². The van der Waals surface area contributed by atoms with Gasteiger partial charge in [-0.1, -0.05) is 28.9 Å². The second-order valence-corrected chi connectivity index (χ2v) is 6.38. The van der Waals surface area contributed by atoms with Gasteiger partial charge in [-0.3, -0.25) is 0 Å². The molecule has 0 aliphatic carbocycles. The summed E-state index contributed by atoms with van der Waals surface area (Å²) in [4.78, 5) is 6.63. The Bertz CT molecular complexity index is 805. The van der Waals surface area contributed by atoms with Crippen molar-refractivity contribution < 1.29 is 4.52 Å². The van der Waals surface area contributed by atoms with Gasteiger partial charge in [0.15, 0.2) is 0 Å². The van der Waals surface area contributed by atoms with E-state index in [4.69, 9.17) is 16.1 Å². The minimum absolute atomic E-state index is 0.325. The van der Waals surface area contributed by atoms with Crippen molar-refractivity contribution in [2.24, 2.45) is 0 Å². The fourth-order valence-electron chi connectivity index (χ4n) is 2.41. The van der Waals surface area contributed by atoms with Crippen LogP contribution in [0.15, 0.2) is 45.6 Å². The van der Waals surface area contributed by atoms with Crippen molar-refractivity contribution in [1.29, 1.82) is 0 Å². The van der Waals surface area contributed by atoms with Crippen LogP contribution in [0.3, 0.4) is 0 Å². The zero-order valence-corrected chi connectivity index (χ0v) is 15.1. The summed E-state index contributed by atoms with van der Waals surface area (Å²) in [6, 6.07) is 10.2. The highest BCUT2D eigenvalue weighted by Gasteiger charge is 2.11. The van der Waals surface area contributed by atoms with Gasteiger partial charge in [0.2, 0.25) is 5.82 Å². The third-order valence-corrected chi connectivity index (χ3v) is 4.68. The fourth-order valence-corrected chi connectivity index (χ4v) is 3.24. The van der Waals surface area contributed by atoms with Crippen LogP contribution in [0.5, 0.6) is 0 Å². The van der Waals surface area contributed by atoms with Crippen molar-refractivity contribution in [3.63, 3.8) is 0 Å². The number of hydrogen-bond donors (Lipinski definition) is 0. The Balaban J connectivity index is 1.78. The summed E-state index contributed by atoms with van der Waals surface area (Å²) in [5.74, 6) is 0.875. The van der Waals surface area contributed by atoms with Gasteiger partial charge >= 0.3 is 0 Å². The number of halogens is 1. The van der Waals surface area contributed by atoms with E-state index < -0.39 is 0 Å². The van der Waals surface area contributed by atoms with Gasteiger partial charge in [0.25, 0.3) is 5.89 Å². The van der Waals surface area contributed by atoms with Crippen molar-refractivity contribution in [3.8, 4) is 11.4 Å². The SMILES string of the molecule is CCN(CC)c1ccc(/C=C(\Cl)c2nc(-c3ccsc3)no2)cc1. The first kappa shape index (κ1) is 16.7. The highest BCUT2D eigenvalue weighted by molar-refractivity contribution is 7.08. The summed E-state index contributed by atoms with van der Waals surface area (Å²) in [7, 11) is 0. The summed E-state index contributed by atoms with van der Waals surface area (Å²) < 4.78 is 5.25. The van der Waals surface area contributed by atoms with E-state index in [9.17, 15) is 0 Å². The molecule has 124 valence electrons. The number of rotatable bonds is 6. The number of aromatic nitrogens is 2. The molecule has 0 fully saturated rings. The van der Waals surface area contributed by atoms with Gasteiger partial charge in [-0.05, 0) is 49.1 Å². The smallest absolute Gasteiger partial charge is 0.269 e. The summed E-state index contributed by atoms with van der Waals surface area (Å²) in [5.41, 5.74) is 3.13. The van der Waals surface area contributed by atoms with Gasteiger partial charge < -0.3 is 9.42 Å². The van der Waals surface area contributed by atoms with Gasteiger partial charge in [0, 0.05) is 29.7 Å². The summed E-state index contributed by atoms with van der Waals surface area (Å²) in [5, 5.41) is 8.34. The Kier molecular flexibility index (Phi) is 5.33. The predicted molar refractivity (Wildman–Crippen MR) is 101 cm³/mol. The fraction of sp³-hybridized carbons (Fsp3) is 0.222. The number of hydrogen-bond acceptors (Lipinski definition) is 5. The van der Waals surface area contributed by atoms with Crippen LogP contribution < -0.4 is 4.90 Å². The molecule has 0 saturated carbocycles. The highest BCUT2D eigenvalue weighted by atomic mass is 35.5. The molecule has 6 heteroatoms. The van der Waals surface area contributed by atoms with Crippen LogP contribution in [-0.4, -0.2) is 23.2 Å². The molecule has 0 saturated heterocycles. The first-order valence-electron chi connectivity index (χ1n) is 7.80. The maximum absolute atomic E-state index is 6.33. The van der Waals surface area contributed by atoms with E-state index in [2.05, 4.69) is 41.0 Å². The standard InChI is InChI=1S/C18H18ClN3OS/c1-3-22(4-2)15-7-5-13(6-8-15)11-16(19)18-20-17(21-23-18)14-9-10-24-12-14/h5-12H,3-4H2,1-2H3/b16-11-. The van der Waals surface area contributed by atoms with Gasteiger partial charge in [0.1, 0.15) is 5.03 Å². The van der Waals surface area contributed by atoms with Crippen molar-refractivity contribution in [2.45, 2.75) is 13.8 Å². The van der Waals surface area contributed by atoms with Gasteiger partial charge in [-0.15, -0.1) is 0 Å². The molecule has 0 bridgehead atoms. The molecule has 0 N–H and O–H groups in total. The third-order valence-electron chi connectivity index (χ3n) is 3.72. The van der Waals surface area contributed by atoms with E-state index in [-0.39, 0.29) is 0 Å². The van der Waals surface area contributed by atoms with Crippen molar-refractivity contribution in [1.82, 2.24) is 10.1 Å². The lowest BCUT2D eigenvalue weighted by Crippen LogP contribution is -2.21. The molecule has 0 spiro atoms. The quantitative estimate of drug-likeness (QED) is 0.592. The number of nitrogens with zero attached hydrogens (tertiary/aromatic N) is 3. The van der Waals surface area contributed by atoms with Crippen molar-refractivity contribution in [2.75, 3.05) is 18.0 Å². The van der Waals surface area contributed by atoms with Gasteiger partial charge in [-0.2, -0.15) is 16.3 Å². The Hall–Kier alpha value is -2.11. The van der Waals surface area contributed by atoms with Gasteiger partial charge in [0.05, 0.1) is 0 Å². The van der Waals surface area contributed by atoms with Crippen LogP contribution in [0.1, 0.15) is 25.3 Å². The van der Waals surface area contributed by atoms with E-state index >= 15 is 0 Å². The molecular weight excluding hydrogens is 342 g/mol. The summed E-state index contributed by atoms with van der Waals surface area (Å²) in [6.45, 7) is 6.27. The molecule has 0 radical (unpaired) electrons. The summed E-state index contributed by atoms with van der Waals surface area (Å²) in [6.07, 6.45) is 1.83. The molecule has 0 aliphatic rings. The highest BCUT2D eigenvalue weighted by Crippen LogP contribution is 2.25. The molecule has 0 atom stereocenters. The molecule has 4 nitrogen and oxygen atoms in total. The van der Waals surface area contributed by atoms with Gasteiger partial charge in [-0.25, -0.2) is 0 Å². The van der Waals surface area contributed by atoms with Crippen LogP contribution >= 0.6 is 22.9 Å². The largest absolute Gasteiger partial charge is 0.372 e. The first-order chi connectivity index (χ1) is 11.7. The Morgan fingerprint density at radius 3 is 2.58 bits per heavy atom. The molecular formula is C18H18ClN3OS. The predicted octanol–water partition coefficient (Wildman–Crippen LogP) is 5.38. The second kappa shape index (κ2) is 7.64. The lowest BCUT2D eigenvalue weighted by Gasteiger charge is -2.20. The molecule has 2 heterocycles. The zero-order chi connectivity index (χ0) is 16.9. The molecule has 3 rings (SSSR count). The minimum atomic E-state index is 0.325. The average molecular weight is 360 g/mol. The van der Waals surface area contributed by atoms with Crippen LogP contribution in [-0.2, 0) is 0 Å². The van der Waals surface area contributed by atoms with Crippen LogP contribution in [0.2, 0.25) is 0 Å². The Morgan fingerprint density at radius 2 is 1.96 bits per heavy atom. The van der Waals surface area contributed by atoms with E-state index in [0.29, 0.717) is 16.7 Å².